The maximum atomic E-state index is 13.8. The Morgan fingerprint density at radius 3 is 2.89 bits per heavy atom. The number of halogens is 1. The van der Waals surface area contributed by atoms with Crippen molar-refractivity contribution in [3.8, 4) is 0 Å². The van der Waals surface area contributed by atoms with Gasteiger partial charge in [0.15, 0.2) is 0 Å². The van der Waals surface area contributed by atoms with E-state index in [9.17, 15) is 9.18 Å². The number of aromatic carboxylic acids is 1. The van der Waals surface area contributed by atoms with Gasteiger partial charge in [0.2, 0.25) is 0 Å². The SMILES string of the molecule is CC1CCCC(Sc2c(F)cccc2C(=O)O)C1. The molecule has 1 aromatic carbocycles. The lowest BCUT2D eigenvalue weighted by molar-refractivity contribution is 0.0692. The molecule has 0 amide bonds. The molecule has 2 unspecified atom stereocenters. The summed E-state index contributed by atoms with van der Waals surface area (Å²) >= 11 is 1.39. The maximum absolute atomic E-state index is 13.8. The summed E-state index contributed by atoms with van der Waals surface area (Å²) < 4.78 is 13.8. The highest BCUT2D eigenvalue weighted by atomic mass is 32.2. The first-order valence-corrected chi connectivity index (χ1v) is 7.14. The lowest BCUT2D eigenvalue weighted by Crippen LogP contribution is -2.16. The van der Waals surface area contributed by atoms with Crippen LogP contribution in [-0.4, -0.2) is 16.3 Å². The minimum Gasteiger partial charge on any atom is -0.478 e. The van der Waals surface area contributed by atoms with Crippen molar-refractivity contribution in [3.05, 3.63) is 29.6 Å². The third kappa shape index (κ3) is 3.05. The fraction of sp³-hybridized carbons (Fsp3) is 0.500. The predicted octanol–water partition coefficient (Wildman–Crippen LogP) is 4.19. The largest absolute Gasteiger partial charge is 0.478 e. The Hall–Kier alpha value is -1.03. The van der Waals surface area contributed by atoms with E-state index in [0.717, 1.165) is 19.3 Å². The lowest BCUT2D eigenvalue weighted by atomic mass is 9.91. The van der Waals surface area contributed by atoms with E-state index >= 15 is 0 Å². The molecule has 1 aliphatic carbocycles. The summed E-state index contributed by atoms with van der Waals surface area (Å²) in [6, 6.07) is 4.26. The number of hydrogen-bond acceptors (Lipinski definition) is 2. The van der Waals surface area contributed by atoms with Crippen LogP contribution in [0.1, 0.15) is 43.0 Å². The summed E-state index contributed by atoms with van der Waals surface area (Å²) in [6.07, 6.45) is 4.45. The molecule has 1 fully saturated rings. The number of hydrogen-bond donors (Lipinski definition) is 1. The van der Waals surface area contributed by atoms with Gasteiger partial charge in [0, 0.05) is 5.25 Å². The zero-order valence-corrected chi connectivity index (χ0v) is 11.2. The third-order valence-corrected chi connectivity index (χ3v) is 4.78. The van der Waals surface area contributed by atoms with E-state index in [1.165, 1.54) is 36.4 Å². The van der Waals surface area contributed by atoms with Crippen LogP contribution < -0.4 is 0 Å². The fourth-order valence-corrected chi connectivity index (χ4v) is 3.95. The van der Waals surface area contributed by atoms with E-state index in [2.05, 4.69) is 6.92 Å². The number of benzene rings is 1. The van der Waals surface area contributed by atoms with Crippen molar-refractivity contribution in [2.75, 3.05) is 0 Å². The smallest absolute Gasteiger partial charge is 0.336 e. The summed E-state index contributed by atoms with van der Waals surface area (Å²) in [6.45, 7) is 2.20. The summed E-state index contributed by atoms with van der Waals surface area (Å²) in [5.41, 5.74) is 0.0817. The van der Waals surface area contributed by atoms with Gasteiger partial charge in [-0.3, -0.25) is 0 Å². The molecular weight excluding hydrogens is 251 g/mol. The number of carboxylic acid groups (broad SMARTS) is 1. The van der Waals surface area contributed by atoms with Crippen molar-refractivity contribution in [2.24, 2.45) is 5.92 Å². The maximum Gasteiger partial charge on any atom is 0.336 e. The van der Waals surface area contributed by atoms with Gasteiger partial charge in [-0.2, -0.15) is 0 Å². The molecule has 0 spiro atoms. The highest BCUT2D eigenvalue weighted by Gasteiger charge is 2.23. The highest BCUT2D eigenvalue weighted by Crippen LogP contribution is 2.38. The second-order valence-electron chi connectivity index (χ2n) is 4.93. The number of carboxylic acids is 1. The van der Waals surface area contributed by atoms with Crippen molar-refractivity contribution >= 4 is 17.7 Å². The van der Waals surface area contributed by atoms with Gasteiger partial charge in [-0.25, -0.2) is 9.18 Å². The standard InChI is InChI=1S/C14H17FO2S/c1-9-4-2-5-10(8-9)18-13-11(14(16)17)6-3-7-12(13)15/h3,6-7,9-10H,2,4-5,8H2,1H3,(H,16,17). The normalized spacial score (nSPS) is 23.9. The van der Waals surface area contributed by atoms with Crippen LogP contribution in [0.5, 0.6) is 0 Å². The lowest BCUT2D eigenvalue weighted by Gasteiger charge is -2.26. The van der Waals surface area contributed by atoms with Gasteiger partial charge in [0.1, 0.15) is 5.82 Å². The molecule has 1 aliphatic rings. The van der Waals surface area contributed by atoms with Crippen LogP contribution >= 0.6 is 11.8 Å². The Morgan fingerprint density at radius 2 is 2.22 bits per heavy atom. The van der Waals surface area contributed by atoms with Crippen LogP contribution in [0, 0.1) is 11.7 Å². The Labute approximate surface area is 111 Å². The Kier molecular flexibility index (Phi) is 4.27. The van der Waals surface area contributed by atoms with Crippen molar-refractivity contribution < 1.29 is 14.3 Å². The molecule has 2 atom stereocenters. The van der Waals surface area contributed by atoms with Crippen LogP contribution in [0.3, 0.4) is 0 Å². The Balaban J connectivity index is 2.20. The molecule has 0 bridgehead atoms. The van der Waals surface area contributed by atoms with Crippen molar-refractivity contribution in [2.45, 2.75) is 42.8 Å². The average Bonchev–Trinajstić information content (AvgIpc) is 2.31. The van der Waals surface area contributed by atoms with E-state index in [1.807, 2.05) is 0 Å². The van der Waals surface area contributed by atoms with Gasteiger partial charge >= 0.3 is 5.97 Å². The van der Waals surface area contributed by atoms with Crippen LogP contribution in [0.25, 0.3) is 0 Å². The Morgan fingerprint density at radius 1 is 1.44 bits per heavy atom. The van der Waals surface area contributed by atoms with Gasteiger partial charge in [-0.15, -0.1) is 11.8 Å². The molecule has 0 radical (unpaired) electrons. The van der Waals surface area contributed by atoms with Crippen molar-refractivity contribution in [3.63, 3.8) is 0 Å². The van der Waals surface area contributed by atoms with E-state index in [-0.39, 0.29) is 5.56 Å². The minimum absolute atomic E-state index is 0.0817. The second-order valence-corrected chi connectivity index (χ2v) is 6.24. The zero-order valence-electron chi connectivity index (χ0n) is 10.4. The molecule has 0 aliphatic heterocycles. The molecule has 0 saturated heterocycles. The summed E-state index contributed by atoms with van der Waals surface area (Å²) in [5, 5.41) is 9.43. The first-order chi connectivity index (χ1) is 8.58. The van der Waals surface area contributed by atoms with E-state index < -0.39 is 11.8 Å². The molecular formula is C14H17FO2S. The van der Waals surface area contributed by atoms with Crippen LogP contribution in [0.4, 0.5) is 4.39 Å². The quantitative estimate of drug-likeness (QED) is 0.893. The zero-order chi connectivity index (χ0) is 13.1. The van der Waals surface area contributed by atoms with Gasteiger partial charge in [-0.1, -0.05) is 25.8 Å². The minimum atomic E-state index is -1.05. The third-order valence-electron chi connectivity index (χ3n) is 3.37. The fourth-order valence-electron chi connectivity index (χ4n) is 2.45. The molecule has 98 valence electrons. The van der Waals surface area contributed by atoms with Crippen LogP contribution in [0.15, 0.2) is 23.1 Å². The number of rotatable bonds is 3. The number of carbonyl (C=O) groups is 1. The predicted molar refractivity (Wildman–Crippen MR) is 70.6 cm³/mol. The molecule has 0 aromatic heterocycles. The summed E-state index contributed by atoms with van der Waals surface area (Å²) in [7, 11) is 0. The molecule has 1 saturated carbocycles. The van der Waals surface area contributed by atoms with E-state index in [1.54, 1.807) is 0 Å². The Bertz CT molecular complexity index is 447. The van der Waals surface area contributed by atoms with E-state index in [4.69, 9.17) is 5.11 Å². The topological polar surface area (TPSA) is 37.3 Å². The molecule has 0 heterocycles. The van der Waals surface area contributed by atoms with Crippen LogP contribution in [0.2, 0.25) is 0 Å². The van der Waals surface area contributed by atoms with Gasteiger partial charge < -0.3 is 5.11 Å². The van der Waals surface area contributed by atoms with Crippen LogP contribution in [-0.2, 0) is 0 Å². The molecule has 1 aromatic rings. The van der Waals surface area contributed by atoms with Gasteiger partial charge in [0.05, 0.1) is 10.5 Å². The molecule has 4 heteroatoms. The van der Waals surface area contributed by atoms with Gasteiger partial charge in [0.25, 0.3) is 0 Å². The second kappa shape index (κ2) is 5.74. The monoisotopic (exact) mass is 268 g/mol. The highest BCUT2D eigenvalue weighted by molar-refractivity contribution is 8.00. The first-order valence-electron chi connectivity index (χ1n) is 6.26. The summed E-state index contributed by atoms with van der Waals surface area (Å²) in [5.74, 6) is -0.824. The molecule has 1 N–H and O–H groups in total. The van der Waals surface area contributed by atoms with Crippen molar-refractivity contribution in [1.29, 1.82) is 0 Å². The van der Waals surface area contributed by atoms with E-state index in [0.29, 0.717) is 16.1 Å². The first kappa shape index (κ1) is 13.4. The number of thioether (sulfide) groups is 1. The molecule has 2 rings (SSSR count). The summed E-state index contributed by atoms with van der Waals surface area (Å²) in [4.78, 5) is 11.4. The van der Waals surface area contributed by atoms with Gasteiger partial charge in [-0.05, 0) is 30.9 Å². The average molecular weight is 268 g/mol. The van der Waals surface area contributed by atoms with Crippen molar-refractivity contribution in [1.82, 2.24) is 0 Å². The molecule has 2 nitrogen and oxygen atoms in total. The molecule has 18 heavy (non-hydrogen) atoms.